The van der Waals surface area contributed by atoms with Gasteiger partial charge in [-0.1, -0.05) is 0 Å². The highest BCUT2D eigenvalue weighted by atomic mass is 19.4. The lowest BCUT2D eigenvalue weighted by Crippen LogP contribution is -2.44. The van der Waals surface area contributed by atoms with Gasteiger partial charge in [0.2, 0.25) is 5.91 Å². The van der Waals surface area contributed by atoms with Gasteiger partial charge >= 0.3 is 12.2 Å². The number of rotatable bonds is 5. The molecule has 7 nitrogen and oxygen atoms in total. The van der Waals surface area contributed by atoms with Gasteiger partial charge in [-0.3, -0.25) is 4.79 Å². The molecule has 2 heterocycles. The van der Waals surface area contributed by atoms with E-state index in [1.165, 1.54) is 29.2 Å². The third-order valence-corrected chi connectivity index (χ3v) is 4.37. The first-order chi connectivity index (χ1) is 13.2. The van der Waals surface area contributed by atoms with Gasteiger partial charge in [0.05, 0.1) is 16.9 Å². The number of nitrogens with one attached hydrogen (secondary N) is 2. The van der Waals surface area contributed by atoms with Crippen LogP contribution in [0.1, 0.15) is 25.3 Å². The highest BCUT2D eigenvalue weighted by Gasteiger charge is 2.34. The number of anilines is 1. The van der Waals surface area contributed by atoms with Crippen molar-refractivity contribution in [3.63, 3.8) is 0 Å². The molecule has 2 aromatic rings. The second-order valence-corrected chi connectivity index (χ2v) is 6.62. The molecule has 1 aliphatic rings. The fraction of sp³-hybridized carbons (Fsp3) is 0.389. The van der Waals surface area contributed by atoms with Crippen LogP contribution in [0.2, 0.25) is 0 Å². The molecule has 0 saturated carbocycles. The minimum atomic E-state index is -4.65. The predicted molar refractivity (Wildman–Crippen MR) is 96.0 cm³/mol. The zero-order valence-corrected chi connectivity index (χ0v) is 15.2. The second kappa shape index (κ2) is 7.91. The monoisotopic (exact) mass is 395 g/mol. The van der Waals surface area contributed by atoms with Gasteiger partial charge in [-0.25, -0.2) is 9.48 Å². The number of likely N-dealkylation sites (tertiary alicyclic amines) is 1. The van der Waals surface area contributed by atoms with Gasteiger partial charge in [0.1, 0.15) is 0 Å². The summed E-state index contributed by atoms with van der Waals surface area (Å²) in [5, 5.41) is 8.73. The molecule has 0 unspecified atom stereocenters. The fourth-order valence-electron chi connectivity index (χ4n) is 3.10. The third-order valence-electron chi connectivity index (χ3n) is 4.37. The van der Waals surface area contributed by atoms with Crippen molar-refractivity contribution in [3.05, 3.63) is 42.2 Å². The van der Waals surface area contributed by atoms with Crippen molar-refractivity contribution in [3.8, 4) is 5.69 Å². The van der Waals surface area contributed by atoms with Crippen LogP contribution in [-0.4, -0.2) is 45.8 Å². The Labute approximate surface area is 159 Å². The third kappa shape index (κ3) is 4.62. The lowest BCUT2D eigenvalue weighted by Gasteiger charge is -2.22. The molecular weight excluding hydrogens is 375 g/mol. The van der Waals surface area contributed by atoms with E-state index in [4.69, 9.17) is 0 Å². The first-order valence-electron chi connectivity index (χ1n) is 8.80. The Kier molecular flexibility index (Phi) is 5.57. The van der Waals surface area contributed by atoms with E-state index in [1.54, 1.807) is 17.9 Å². The van der Waals surface area contributed by atoms with Crippen molar-refractivity contribution < 1.29 is 22.8 Å². The molecule has 1 aromatic carbocycles. The summed E-state index contributed by atoms with van der Waals surface area (Å²) in [5.41, 5.74) is -1.10. The highest BCUT2D eigenvalue weighted by molar-refractivity contribution is 5.90. The quantitative estimate of drug-likeness (QED) is 0.817. The molecular formula is C18H20F3N5O2. The minimum absolute atomic E-state index is 0.0163. The molecule has 1 atom stereocenters. The number of carbonyl (C=O) groups is 2. The molecule has 0 spiro atoms. The van der Waals surface area contributed by atoms with Gasteiger partial charge in [0.25, 0.3) is 0 Å². The van der Waals surface area contributed by atoms with Gasteiger partial charge in [-0.15, -0.1) is 0 Å². The number of benzene rings is 1. The van der Waals surface area contributed by atoms with Crippen molar-refractivity contribution in [2.24, 2.45) is 0 Å². The summed E-state index contributed by atoms with van der Waals surface area (Å²) in [5.74, 6) is 0.0163. The molecule has 2 N–H and O–H groups in total. The lowest BCUT2D eigenvalue weighted by atomic mass is 10.1. The maximum atomic E-state index is 13.5. The Bertz CT molecular complexity index is 851. The largest absolute Gasteiger partial charge is 0.418 e. The first-order valence-corrected chi connectivity index (χ1v) is 8.80. The highest BCUT2D eigenvalue weighted by Crippen LogP contribution is 2.36. The van der Waals surface area contributed by atoms with E-state index in [9.17, 15) is 22.8 Å². The standard InChI is InChI=1S/C18H20F3N5O2/c1-12(11-25-8-2-4-16(25)27)23-17(28)24-15-6-5-13(26-9-3-7-22-26)10-14(15)18(19,20)21/h3,5-7,9-10,12H,2,4,8,11H2,1H3,(H2,23,24,28)/t12-/m0/s1. The molecule has 0 radical (unpaired) electrons. The number of urea groups is 1. The Morgan fingerprint density at radius 1 is 1.36 bits per heavy atom. The Hall–Kier alpha value is -3.04. The summed E-state index contributed by atoms with van der Waals surface area (Å²) < 4.78 is 41.7. The number of alkyl halides is 3. The van der Waals surface area contributed by atoms with Crippen LogP contribution in [0, 0.1) is 0 Å². The van der Waals surface area contributed by atoms with Gasteiger partial charge in [0.15, 0.2) is 0 Å². The molecule has 1 saturated heterocycles. The lowest BCUT2D eigenvalue weighted by molar-refractivity contribution is -0.137. The predicted octanol–water partition coefficient (Wildman–Crippen LogP) is 3.02. The Morgan fingerprint density at radius 3 is 2.75 bits per heavy atom. The second-order valence-electron chi connectivity index (χ2n) is 6.62. The Balaban J connectivity index is 1.70. The molecule has 1 fully saturated rings. The normalized spacial score (nSPS) is 15.6. The summed E-state index contributed by atoms with van der Waals surface area (Å²) in [6.45, 7) is 2.63. The molecule has 28 heavy (non-hydrogen) atoms. The van der Waals surface area contributed by atoms with Crippen LogP contribution >= 0.6 is 0 Å². The summed E-state index contributed by atoms with van der Waals surface area (Å²) in [7, 11) is 0. The maximum absolute atomic E-state index is 13.5. The summed E-state index contributed by atoms with van der Waals surface area (Å²) in [6.07, 6.45) is -0.416. The van der Waals surface area contributed by atoms with Crippen LogP contribution in [0.4, 0.5) is 23.7 Å². The number of aromatic nitrogens is 2. The van der Waals surface area contributed by atoms with Gasteiger partial charge in [0, 0.05) is 37.9 Å². The van der Waals surface area contributed by atoms with Crippen molar-refractivity contribution in [2.45, 2.75) is 32.0 Å². The average molecular weight is 395 g/mol. The van der Waals surface area contributed by atoms with Crippen LogP contribution in [0.15, 0.2) is 36.7 Å². The summed E-state index contributed by atoms with van der Waals surface area (Å²) in [6, 6.07) is 3.98. The average Bonchev–Trinajstić information content (AvgIpc) is 3.27. The van der Waals surface area contributed by atoms with E-state index in [-0.39, 0.29) is 17.3 Å². The van der Waals surface area contributed by atoms with Crippen LogP contribution in [0.3, 0.4) is 0 Å². The van der Waals surface area contributed by atoms with E-state index >= 15 is 0 Å². The number of carbonyl (C=O) groups excluding carboxylic acids is 2. The van der Waals surface area contributed by atoms with Crippen molar-refractivity contribution in [2.75, 3.05) is 18.4 Å². The number of hydrogen-bond acceptors (Lipinski definition) is 3. The smallest absolute Gasteiger partial charge is 0.341 e. The van der Waals surface area contributed by atoms with Crippen molar-refractivity contribution in [1.29, 1.82) is 0 Å². The van der Waals surface area contributed by atoms with E-state index < -0.39 is 23.8 Å². The maximum Gasteiger partial charge on any atom is 0.418 e. The number of hydrogen-bond donors (Lipinski definition) is 2. The Morgan fingerprint density at radius 2 is 2.14 bits per heavy atom. The van der Waals surface area contributed by atoms with Gasteiger partial charge in [-0.2, -0.15) is 18.3 Å². The zero-order valence-electron chi connectivity index (χ0n) is 15.2. The first kappa shape index (κ1) is 19.7. The number of nitrogens with zero attached hydrogens (tertiary/aromatic N) is 3. The molecule has 0 aliphatic carbocycles. The van der Waals surface area contributed by atoms with Crippen LogP contribution < -0.4 is 10.6 Å². The topological polar surface area (TPSA) is 79.3 Å². The van der Waals surface area contributed by atoms with Crippen molar-refractivity contribution in [1.82, 2.24) is 20.0 Å². The van der Waals surface area contributed by atoms with E-state index in [0.717, 1.165) is 12.5 Å². The number of halogens is 3. The SMILES string of the molecule is C[C@@H](CN1CCCC1=O)NC(=O)Nc1ccc(-n2cccn2)cc1C(F)(F)F. The van der Waals surface area contributed by atoms with Crippen LogP contribution in [-0.2, 0) is 11.0 Å². The molecule has 150 valence electrons. The van der Waals surface area contributed by atoms with Crippen molar-refractivity contribution >= 4 is 17.6 Å². The van der Waals surface area contributed by atoms with E-state index in [0.29, 0.717) is 19.5 Å². The molecule has 1 aliphatic heterocycles. The van der Waals surface area contributed by atoms with Crippen LogP contribution in [0.5, 0.6) is 0 Å². The summed E-state index contributed by atoms with van der Waals surface area (Å²) in [4.78, 5) is 25.4. The molecule has 3 amide bonds. The van der Waals surface area contributed by atoms with Gasteiger partial charge in [-0.05, 0) is 37.6 Å². The zero-order chi connectivity index (χ0) is 20.3. The molecule has 10 heteroatoms. The van der Waals surface area contributed by atoms with Crippen LogP contribution in [0.25, 0.3) is 5.69 Å². The molecule has 1 aromatic heterocycles. The molecule has 0 bridgehead atoms. The van der Waals surface area contributed by atoms with Gasteiger partial charge < -0.3 is 15.5 Å². The van der Waals surface area contributed by atoms with E-state index in [1.807, 2.05) is 0 Å². The fourth-order valence-corrected chi connectivity index (χ4v) is 3.10. The van der Waals surface area contributed by atoms with E-state index in [2.05, 4.69) is 15.7 Å². The number of amides is 3. The molecule has 3 rings (SSSR count). The summed E-state index contributed by atoms with van der Waals surface area (Å²) >= 11 is 0. The minimum Gasteiger partial charge on any atom is -0.341 e.